The van der Waals surface area contributed by atoms with E-state index in [0.717, 1.165) is 30.2 Å². The van der Waals surface area contributed by atoms with Gasteiger partial charge in [-0.25, -0.2) is 4.98 Å². The minimum Gasteiger partial charge on any atom is -0.487 e. The average Bonchev–Trinajstić information content (AvgIpc) is 3.53. The van der Waals surface area contributed by atoms with Crippen LogP contribution in [0.2, 0.25) is 0 Å². The van der Waals surface area contributed by atoms with Crippen LogP contribution in [-0.4, -0.2) is 57.9 Å². The van der Waals surface area contributed by atoms with Crippen molar-refractivity contribution in [2.75, 3.05) is 26.2 Å². The monoisotopic (exact) mass is 599 g/mol. The summed E-state index contributed by atoms with van der Waals surface area (Å²) in [6, 6.07) is 27.0. The number of rotatable bonds is 6. The molecule has 3 aromatic carbocycles. The summed E-state index contributed by atoms with van der Waals surface area (Å²) < 4.78 is 11.5. The largest absolute Gasteiger partial charge is 0.487 e. The normalized spacial score (nSPS) is 16.4. The summed E-state index contributed by atoms with van der Waals surface area (Å²) >= 11 is 0. The quantitative estimate of drug-likeness (QED) is 0.226. The molecule has 9 heteroatoms. The van der Waals surface area contributed by atoms with Crippen molar-refractivity contribution in [2.24, 2.45) is 0 Å². The zero-order valence-corrected chi connectivity index (χ0v) is 24.9. The number of carbonyl (C=O) groups is 2. The van der Waals surface area contributed by atoms with Gasteiger partial charge in [-0.15, -0.1) is 0 Å². The Hall–Kier alpha value is -5.23. The van der Waals surface area contributed by atoms with E-state index in [1.807, 2.05) is 65.6 Å². The van der Waals surface area contributed by atoms with Gasteiger partial charge in [0.05, 0.1) is 22.6 Å². The third-order valence-electron chi connectivity index (χ3n) is 9.15. The minimum absolute atomic E-state index is 0.109. The summed E-state index contributed by atoms with van der Waals surface area (Å²) in [6.07, 6.45) is 4.08. The zero-order valence-electron chi connectivity index (χ0n) is 24.9. The van der Waals surface area contributed by atoms with E-state index in [9.17, 15) is 14.9 Å². The average molecular weight is 600 g/mol. The first kappa shape index (κ1) is 28.5. The van der Waals surface area contributed by atoms with Crippen LogP contribution >= 0.6 is 0 Å². The minimum atomic E-state index is -0.626. The lowest BCUT2D eigenvalue weighted by atomic mass is 9.74. The molecular formula is C36H33N5O4. The van der Waals surface area contributed by atoms with Gasteiger partial charge in [-0.2, -0.15) is 5.26 Å². The van der Waals surface area contributed by atoms with Crippen LogP contribution in [0.3, 0.4) is 0 Å². The molecule has 4 heterocycles. The smallest absolute Gasteiger partial charge is 0.272 e. The molecule has 0 bridgehead atoms. The Kier molecular flexibility index (Phi) is 7.64. The van der Waals surface area contributed by atoms with Crippen molar-refractivity contribution in [3.8, 4) is 11.8 Å². The van der Waals surface area contributed by atoms with E-state index < -0.39 is 5.41 Å². The van der Waals surface area contributed by atoms with E-state index in [2.05, 4.69) is 11.2 Å². The Labute approximate surface area is 261 Å². The number of aromatic nitrogens is 2. The number of benzene rings is 3. The Morgan fingerprint density at radius 1 is 0.844 bits per heavy atom. The van der Waals surface area contributed by atoms with Gasteiger partial charge in [0.1, 0.15) is 23.7 Å². The maximum Gasteiger partial charge on any atom is 0.272 e. The third-order valence-corrected chi connectivity index (χ3v) is 9.15. The van der Waals surface area contributed by atoms with Gasteiger partial charge in [0.15, 0.2) is 5.58 Å². The molecule has 2 saturated heterocycles. The molecule has 0 aliphatic carbocycles. The zero-order chi connectivity index (χ0) is 30.8. The first-order valence-electron chi connectivity index (χ1n) is 15.5. The van der Waals surface area contributed by atoms with E-state index in [-0.39, 0.29) is 24.1 Å². The number of hydrogen-bond donors (Lipinski definition) is 0. The molecule has 5 aromatic rings. The maximum atomic E-state index is 13.9. The van der Waals surface area contributed by atoms with Crippen LogP contribution in [0.5, 0.6) is 5.75 Å². The number of para-hydroxylation sites is 1. The van der Waals surface area contributed by atoms with E-state index in [4.69, 9.17) is 14.2 Å². The number of nitriles is 1. The van der Waals surface area contributed by atoms with E-state index in [1.54, 1.807) is 23.1 Å². The molecule has 9 nitrogen and oxygen atoms in total. The van der Waals surface area contributed by atoms with Crippen LogP contribution < -0.4 is 4.74 Å². The summed E-state index contributed by atoms with van der Waals surface area (Å²) in [5.41, 5.74) is 2.95. The number of hydrogen-bond acceptors (Lipinski definition) is 7. The molecule has 2 amide bonds. The highest BCUT2D eigenvalue weighted by Crippen LogP contribution is 2.36. The molecular weight excluding hydrogens is 566 g/mol. The van der Waals surface area contributed by atoms with Crippen molar-refractivity contribution in [3.63, 3.8) is 0 Å². The van der Waals surface area contributed by atoms with E-state index >= 15 is 0 Å². The lowest BCUT2D eigenvalue weighted by Crippen LogP contribution is -2.45. The summed E-state index contributed by atoms with van der Waals surface area (Å²) in [6.45, 7) is 2.43. The molecule has 2 aliphatic rings. The standard InChI is InChI=1S/C36H33N5O4/c37-24-36(25-9-3-1-4-10-25)15-19-41(20-16-36)35(43)31-22-29(34(42)40-17-7-2-8-18-40)28-21-26(13-14-30(28)38-31)44-23-32-27-11-5-6-12-33(27)45-39-32/h1,3-6,9-14,21-22H,2,7-8,15-20,23H2. The molecule has 2 aliphatic heterocycles. The summed E-state index contributed by atoms with van der Waals surface area (Å²) in [4.78, 5) is 36.1. The summed E-state index contributed by atoms with van der Waals surface area (Å²) in [7, 11) is 0. The molecule has 0 radical (unpaired) electrons. The predicted molar refractivity (Wildman–Crippen MR) is 169 cm³/mol. The molecule has 2 fully saturated rings. The lowest BCUT2D eigenvalue weighted by molar-refractivity contribution is 0.0686. The van der Waals surface area contributed by atoms with Crippen LogP contribution in [0.4, 0.5) is 0 Å². The fraction of sp³-hybridized carbons (Fsp3) is 0.306. The number of fused-ring (bicyclic) bond motifs is 2. The van der Waals surface area contributed by atoms with Crippen molar-refractivity contribution in [2.45, 2.75) is 44.1 Å². The molecule has 0 spiro atoms. The molecule has 45 heavy (non-hydrogen) atoms. The lowest BCUT2D eigenvalue weighted by Gasteiger charge is -2.37. The Balaban J connectivity index is 1.17. The number of amides is 2. The van der Waals surface area contributed by atoms with Crippen LogP contribution in [-0.2, 0) is 12.0 Å². The van der Waals surface area contributed by atoms with Crippen LogP contribution in [0.1, 0.15) is 64.2 Å². The van der Waals surface area contributed by atoms with Crippen molar-refractivity contribution in [1.82, 2.24) is 19.9 Å². The van der Waals surface area contributed by atoms with Gasteiger partial charge in [-0.1, -0.05) is 47.6 Å². The molecule has 0 saturated carbocycles. The van der Waals surface area contributed by atoms with Gasteiger partial charge < -0.3 is 19.1 Å². The van der Waals surface area contributed by atoms with Gasteiger partial charge in [-0.05, 0) is 74.1 Å². The van der Waals surface area contributed by atoms with Crippen molar-refractivity contribution in [1.29, 1.82) is 5.26 Å². The second-order valence-electron chi connectivity index (χ2n) is 11.9. The Morgan fingerprint density at radius 3 is 2.36 bits per heavy atom. The number of pyridine rings is 1. The fourth-order valence-corrected chi connectivity index (χ4v) is 6.52. The highest BCUT2D eigenvalue weighted by Gasteiger charge is 2.38. The van der Waals surface area contributed by atoms with Gasteiger partial charge >= 0.3 is 0 Å². The van der Waals surface area contributed by atoms with Gasteiger partial charge in [0, 0.05) is 37.0 Å². The van der Waals surface area contributed by atoms with Crippen molar-refractivity contribution in [3.05, 3.63) is 101 Å². The molecule has 0 atom stereocenters. The van der Waals surface area contributed by atoms with Crippen molar-refractivity contribution < 1.29 is 18.8 Å². The summed E-state index contributed by atoms with van der Waals surface area (Å²) in [5.74, 6) is 0.220. The first-order valence-corrected chi connectivity index (χ1v) is 15.5. The Morgan fingerprint density at radius 2 is 1.58 bits per heavy atom. The number of ether oxygens (including phenoxy) is 1. The molecule has 0 N–H and O–H groups in total. The fourth-order valence-electron chi connectivity index (χ4n) is 6.52. The molecule has 7 rings (SSSR count). The number of likely N-dealkylation sites (tertiary alicyclic amines) is 2. The maximum absolute atomic E-state index is 13.9. The predicted octanol–water partition coefficient (Wildman–Crippen LogP) is 6.28. The number of piperidine rings is 2. The van der Waals surface area contributed by atoms with E-state index in [1.165, 1.54) is 0 Å². The van der Waals surface area contributed by atoms with Crippen LogP contribution in [0.15, 0.2) is 83.4 Å². The first-order chi connectivity index (χ1) is 22.0. The highest BCUT2D eigenvalue weighted by molar-refractivity contribution is 6.09. The molecule has 226 valence electrons. The highest BCUT2D eigenvalue weighted by atomic mass is 16.5. The van der Waals surface area contributed by atoms with Crippen molar-refractivity contribution >= 4 is 33.7 Å². The topological polar surface area (TPSA) is 113 Å². The molecule has 2 aromatic heterocycles. The van der Waals surface area contributed by atoms with Crippen LogP contribution in [0, 0.1) is 11.3 Å². The molecule has 0 unspecified atom stereocenters. The Bertz CT molecular complexity index is 1910. The van der Waals surface area contributed by atoms with E-state index in [0.29, 0.717) is 72.5 Å². The van der Waals surface area contributed by atoms with Gasteiger partial charge in [-0.3, -0.25) is 9.59 Å². The number of carbonyl (C=O) groups excluding carboxylic acids is 2. The summed E-state index contributed by atoms with van der Waals surface area (Å²) in [5, 5.41) is 15.8. The second-order valence-corrected chi connectivity index (χ2v) is 11.9. The SMILES string of the molecule is N#CC1(c2ccccc2)CCN(C(=O)c2cc(C(=O)N3CCCCC3)c3cc(OCc4noc5ccccc45)ccc3n2)CC1. The third kappa shape index (κ3) is 5.48. The number of nitrogens with zero attached hydrogens (tertiary/aromatic N) is 5. The second kappa shape index (κ2) is 12.0. The van der Waals surface area contributed by atoms with Gasteiger partial charge in [0.2, 0.25) is 0 Å². The van der Waals surface area contributed by atoms with Crippen LogP contribution in [0.25, 0.3) is 21.9 Å². The van der Waals surface area contributed by atoms with Gasteiger partial charge in [0.25, 0.3) is 11.8 Å².